The van der Waals surface area contributed by atoms with Gasteiger partial charge in [-0.15, -0.1) is 0 Å². The predicted molar refractivity (Wildman–Crippen MR) is 146 cm³/mol. The van der Waals surface area contributed by atoms with Crippen molar-refractivity contribution in [1.29, 1.82) is 0 Å². The molecule has 0 radical (unpaired) electrons. The number of aromatic nitrogens is 3. The molecule has 1 aliphatic heterocycles. The van der Waals surface area contributed by atoms with Gasteiger partial charge in [0.2, 0.25) is 10.0 Å². The van der Waals surface area contributed by atoms with E-state index in [4.69, 9.17) is 4.74 Å². The fourth-order valence-corrected chi connectivity index (χ4v) is 5.25. The number of nitrogens with one attached hydrogen (secondary N) is 3. The van der Waals surface area contributed by atoms with Crippen molar-refractivity contribution < 1.29 is 31.5 Å². The Bertz CT molecular complexity index is 1600. The van der Waals surface area contributed by atoms with E-state index in [1.54, 1.807) is 38.7 Å². The van der Waals surface area contributed by atoms with Crippen molar-refractivity contribution in [2.75, 3.05) is 28.9 Å². The number of pyridine rings is 1. The summed E-state index contributed by atoms with van der Waals surface area (Å²) < 4.78 is 61.1. The number of hydrogen-bond acceptors (Lipinski definition) is 7. The molecular weight excluding hydrogens is 546 g/mol. The van der Waals surface area contributed by atoms with Gasteiger partial charge in [-0.2, -0.15) is 5.10 Å². The number of hydrogen-bond donors (Lipinski definition) is 3. The monoisotopic (exact) mass is 576 g/mol. The van der Waals surface area contributed by atoms with E-state index in [0.29, 0.717) is 36.2 Å². The van der Waals surface area contributed by atoms with Gasteiger partial charge in [0.15, 0.2) is 11.5 Å². The maximum atomic E-state index is 15.0. The van der Waals surface area contributed by atoms with Gasteiger partial charge in [-0.05, 0) is 57.4 Å². The summed E-state index contributed by atoms with van der Waals surface area (Å²) in [6.45, 7) is 7.77. The third kappa shape index (κ3) is 6.55. The molecule has 0 unspecified atom stereocenters. The molecule has 1 aromatic carbocycles. The first-order chi connectivity index (χ1) is 18.8. The predicted octanol–water partition coefficient (Wildman–Crippen LogP) is 4.66. The highest BCUT2D eigenvalue weighted by Crippen LogP contribution is 2.29. The number of anilines is 2. The standard InChI is InChI=1S/C26H30F2N6O5S/c1-5-12-40(37,38)33-19-7-6-18(27)20(21(19)28)24(35)30-16-13-17-22(31-32-23(17)29-14-16)15-8-10-34(11-9-15)25(36)39-26(2,3)4/h6-8,13-14,33H,5,9-12H2,1-4H3,(H,30,35)(H,29,31,32). The Balaban J connectivity index is 1.55. The molecule has 40 heavy (non-hydrogen) atoms. The molecule has 11 nitrogen and oxygen atoms in total. The lowest BCUT2D eigenvalue weighted by molar-refractivity contribution is 0.0270. The molecule has 0 saturated carbocycles. The number of sulfonamides is 1. The third-order valence-electron chi connectivity index (χ3n) is 5.91. The molecule has 3 heterocycles. The molecule has 3 N–H and O–H groups in total. The van der Waals surface area contributed by atoms with E-state index in [1.807, 2.05) is 10.8 Å². The largest absolute Gasteiger partial charge is 0.444 e. The van der Waals surface area contributed by atoms with Crippen molar-refractivity contribution in [3.8, 4) is 0 Å². The Labute approximate surface area is 230 Å². The second kappa shape index (κ2) is 11.2. The molecule has 4 rings (SSSR count). The molecule has 0 bridgehead atoms. The summed E-state index contributed by atoms with van der Waals surface area (Å²) in [4.78, 5) is 31.0. The van der Waals surface area contributed by atoms with E-state index in [2.05, 4.69) is 20.5 Å². The first-order valence-corrected chi connectivity index (χ1v) is 14.2. The van der Waals surface area contributed by atoms with Gasteiger partial charge in [-0.1, -0.05) is 13.0 Å². The van der Waals surface area contributed by atoms with E-state index in [9.17, 15) is 22.4 Å². The Kier molecular flexibility index (Phi) is 8.10. The van der Waals surface area contributed by atoms with Crippen molar-refractivity contribution in [1.82, 2.24) is 20.1 Å². The Morgan fingerprint density at radius 3 is 2.62 bits per heavy atom. The topological polar surface area (TPSA) is 146 Å². The number of carbonyl (C=O) groups is 2. The smallest absolute Gasteiger partial charge is 0.410 e. The quantitative estimate of drug-likeness (QED) is 0.371. The maximum absolute atomic E-state index is 15.0. The first-order valence-electron chi connectivity index (χ1n) is 12.6. The number of nitrogens with zero attached hydrogens (tertiary/aromatic N) is 3. The van der Waals surface area contributed by atoms with Crippen LogP contribution in [0.3, 0.4) is 0 Å². The Hall–Kier alpha value is -4.07. The fourth-order valence-electron chi connectivity index (χ4n) is 4.12. The minimum absolute atomic E-state index is 0.141. The number of amides is 2. The highest BCUT2D eigenvalue weighted by molar-refractivity contribution is 7.92. The number of aromatic amines is 1. The molecule has 0 fully saturated rings. The van der Waals surface area contributed by atoms with Crippen molar-refractivity contribution in [2.24, 2.45) is 0 Å². The van der Waals surface area contributed by atoms with E-state index in [0.717, 1.165) is 17.7 Å². The van der Waals surface area contributed by atoms with E-state index in [1.165, 1.54) is 6.20 Å². The molecule has 0 saturated heterocycles. The third-order valence-corrected chi connectivity index (χ3v) is 7.38. The van der Waals surface area contributed by atoms with Crippen LogP contribution in [0.25, 0.3) is 16.6 Å². The van der Waals surface area contributed by atoms with Crippen molar-refractivity contribution in [3.05, 3.63) is 53.4 Å². The molecule has 3 aromatic rings. The molecule has 0 spiro atoms. The van der Waals surface area contributed by atoms with Gasteiger partial charge >= 0.3 is 6.09 Å². The first kappa shape index (κ1) is 28.9. The van der Waals surface area contributed by atoms with Crippen molar-refractivity contribution in [3.63, 3.8) is 0 Å². The lowest BCUT2D eigenvalue weighted by Crippen LogP contribution is -2.39. The lowest BCUT2D eigenvalue weighted by Gasteiger charge is -2.29. The zero-order chi connectivity index (χ0) is 29.2. The molecule has 0 atom stereocenters. The molecule has 14 heteroatoms. The van der Waals surface area contributed by atoms with Crippen LogP contribution in [0.15, 0.2) is 30.5 Å². The molecule has 2 amide bonds. The minimum atomic E-state index is -3.87. The normalized spacial score (nSPS) is 14.2. The summed E-state index contributed by atoms with van der Waals surface area (Å²) in [6, 6.07) is 3.29. The molecule has 2 aromatic heterocycles. The van der Waals surface area contributed by atoms with Crippen LogP contribution in [0, 0.1) is 11.6 Å². The van der Waals surface area contributed by atoms with Crippen LogP contribution in [0.5, 0.6) is 0 Å². The molecule has 214 valence electrons. The van der Waals surface area contributed by atoms with Crippen LogP contribution in [-0.4, -0.2) is 64.9 Å². The number of ether oxygens (including phenoxy) is 1. The van der Waals surface area contributed by atoms with Crippen LogP contribution in [0.4, 0.5) is 25.0 Å². The summed E-state index contributed by atoms with van der Waals surface area (Å²) in [5.74, 6) is -3.88. The van der Waals surface area contributed by atoms with Crippen LogP contribution in [0.1, 0.15) is 56.6 Å². The second-order valence-electron chi connectivity index (χ2n) is 10.3. The van der Waals surface area contributed by atoms with E-state index in [-0.39, 0.29) is 17.9 Å². The molecular formula is C26H30F2N6O5S. The highest BCUT2D eigenvalue weighted by Gasteiger charge is 2.26. The van der Waals surface area contributed by atoms with Gasteiger partial charge in [-0.3, -0.25) is 14.6 Å². The average molecular weight is 577 g/mol. The zero-order valence-corrected chi connectivity index (χ0v) is 23.3. The number of benzene rings is 1. The van der Waals surface area contributed by atoms with Crippen LogP contribution < -0.4 is 10.0 Å². The van der Waals surface area contributed by atoms with Crippen molar-refractivity contribution >= 4 is 50.0 Å². The number of H-pyrrole nitrogens is 1. The van der Waals surface area contributed by atoms with Gasteiger partial charge in [0.1, 0.15) is 17.0 Å². The van der Waals surface area contributed by atoms with Gasteiger partial charge in [-0.25, -0.2) is 27.0 Å². The lowest BCUT2D eigenvalue weighted by atomic mass is 10.0. The molecule has 0 aliphatic carbocycles. The SMILES string of the molecule is CCCS(=O)(=O)Nc1ccc(F)c(C(=O)Nc2cnc3n[nH]c(C4=CCN(C(=O)OC(C)(C)C)CC4)c3c2)c1F. The summed E-state index contributed by atoms with van der Waals surface area (Å²) in [7, 11) is -3.87. The summed E-state index contributed by atoms with van der Waals surface area (Å²) in [5.41, 5.74) is -0.0830. The Morgan fingerprint density at radius 2 is 1.98 bits per heavy atom. The van der Waals surface area contributed by atoms with Gasteiger partial charge < -0.3 is 15.0 Å². The van der Waals surface area contributed by atoms with E-state index >= 15 is 4.39 Å². The summed E-state index contributed by atoms with van der Waals surface area (Å²) in [5, 5.41) is 10.1. The van der Waals surface area contributed by atoms with E-state index < -0.39 is 50.5 Å². The average Bonchev–Trinajstić information content (AvgIpc) is 3.28. The molecule has 1 aliphatic rings. The second-order valence-corrected chi connectivity index (χ2v) is 12.1. The van der Waals surface area contributed by atoms with Crippen molar-refractivity contribution in [2.45, 2.75) is 46.1 Å². The van der Waals surface area contributed by atoms with Gasteiger partial charge in [0.05, 0.1) is 29.0 Å². The van der Waals surface area contributed by atoms with Crippen LogP contribution >= 0.6 is 0 Å². The number of halogens is 2. The fraction of sp³-hybridized carbons (Fsp3) is 0.385. The minimum Gasteiger partial charge on any atom is -0.444 e. The zero-order valence-electron chi connectivity index (χ0n) is 22.5. The summed E-state index contributed by atoms with van der Waals surface area (Å²) in [6.07, 6.45) is 3.53. The highest BCUT2D eigenvalue weighted by atomic mass is 32.2. The Morgan fingerprint density at radius 1 is 1.23 bits per heavy atom. The summed E-state index contributed by atoms with van der Waals surface area (Å²) >= 11 is 0. The van der Waals surface area contributed by atoms with Gasteiger partial charge in [0.25, 0.3) is 5.91 Å². The van der Waals surface area contributed by atoms with Gasteiger partial charge in [0, 0.05) is 18.5 Å². The number of rotatable bonds is 7. The maximum Gasteiger partial charge on any atom is 0.410 e. The number of carbonyl (C=O) groups excluding carboxylic acids is 2. The van der Waals surface area contributed by atoms with Crippen LogP contribution in [0.2, 0.25) is 0 Å². The number of fused-ring (bicyclic) bond motifs is 1. The van der Waals surface area contributed by atoms with Crippen LogP contribution in [-0.2, 0) is 14.8 Å².